The number of carbonyl (C=O) groups is 3. The maximum Gasteiger partial charge on any atom is 0.342 e. The van der Waals surface area contributed by atoms with Gasteiger partial charge in [0, 0.05) is 49.6 Å². The molecule has 19 heteroatoms. The maximum absolute atomic E-state index is 14.6. The molecule has 19 nitrogen and oxygen atoms in total. The summed E-state index contributed by atoms with van der Waals surface area (Å²) < 4.78 is 56.0. The van der Waals surface area contributed by atoms with E-state index in [0.29, 0.717) is 41.8 Å². The van der Waals surface area contributed by atoms with E-state index >= 15 is 0 Å². The van der Waals surface area contributed by atoms with Crippen molar-refractivity contribution in [1.82, 2.24) is 9.80 Å². The van der Waals surface area contributed by atoms with Crippen LogP contribution in [-0.2, 0) is 60.5 Å². The summed E-state index contributed by atoms with van der Waals surface area (Å²) in [5, 5.41) is 58.9. The molecule has 0 spiro atoms. The lowest BCUT2D eigenvalue weighted by Crippen LogP contribution is -2.61. The highest BCUT2D eigenvalue weighted by Crippen LogP contribution is 2.43. The van der Waals surface area contributed by atoms with E-state index in [1.165, 1.54) is 21.1 Å². The Bertz CT molecular complexity index is 2130. The number of carbonyl (C=O) groups excluding carboxylic acids is 3. The molecular weight excluding hydrogens is 961 g/mol. The van der Waals surface area contributed by atoms with Gasteiger partial charge in [-0.1, -0.05) is 32.4 Å². The number of aromatic hydroxyl groups is 1. The van der Waals surface area contributed by atoms with Crippen LogP contribution in [0.25, 0.3) is 0 Å². The number of benzene rings is 1. The first-order chi connectivity index (χ1) is 34.4. The molecule has 4 aliphatic heterocycles. The number of fused-ring (bicyclic) bond motifs is 1. The number of rotatable bonds is 14. The van der Waals surface area contributed by atoms with Gasteiger partial charge in [0.2, 0.25) is 0 Å². The standard InChI is InChI=1S/C55H90N2O17/c1-18-39-55(12,65)47(60)34(8)57(15)26-29(3)24-53(10,64)49(32(6)44(33(7)50(62)71-39)73-41-25-54(11,67-17)48(61)35(9)70-41)74-52-46(38(56(13)14)23-30(4)69-52)72-40(58)22-20-28(2)19-21-36-43(59)42-37(27-68-51(42)63)31(5)45(36)66-16/h19,29-30,32-35,38-39,41,44,46-49,52,59-61,64-65H,18,20-27H2,1-17H3/b28-19+/t29-,30-,32+,33-,34-,35+,38+,39-,41+,44+,46-,47-,48+,49-,52+,53-,54-,55-/m1/s1. The van der Waals surface area contributed by atoms with Crippen LogP contribution in [0.3, 0.4) is 0 Å². The van der Waals surface area contributed by atoms with Crippen LogP contribution >= 0.6 is 0 Å². The van der Waals surface area contributed by atoms with E-state index in [2.05, 4.69) is 0 Å². The number of hydrogen-bond acceptors (Lipinski definition) is 19. The number of esters is 3. The van der Waals surface area contributed by atoms with E-state index in [9.17, 15) is 39.9 Å². The van der Waals surface area contributed by atoms with Gasteiger partial charge in [-0.2, -0.15) is 0 Å². The molecule has 0 amide bonds. The summed E-state index contributed by atoms with van der Waals surface area (Å²) in [6.45, 7) is 21.5. The number of aliphatic hydroxyl groups excluding tert-OH is 2. The van der Waals surface area contributed by atoms with Crippen molar-refractivity contribution in [3.05, 3.63) is 33.9 Å². The highest BCUT2D eigenvalue weighted by Gasteiger charge is 2.53. The van der Waals surface area contributed by atoms with Crippen molar-refractivity contribution in [2.75, 3.05) is 41.9 Å². The molecule has 422 valence electrons. The molecule has 5 N–H and O–H groups in total. The zero-order valence-electron chi connectivity index (χ0n) is 47.1. The van der Waals surface area contributed by atoms with Gasteiger partial charge in [-0.05, 0) is 127 Å². The Morgan fingerprint density at radius 2 is 1.61 bits per heavy atom. The molecule has 0 bridgehead atoms. The minimum atomic E-state index is -1.86. The van der Waals surface area contributed by atoms with E-state index in [1.807, 2.05) is 64.7 Å². The summed E-state index contributed by atoms with van der Waals surface area (Å²) in [4.78, 5) is 45.0. The van der Waals surface area contributed by atoms with E-state index in [4.69, 9.17) is 42.6 Å². The second-order valence-corrected chi connectivity index (χ2v) is 22.8. The Balaban J connectivity index is 1.51. The van der Waals surface area contributed by atoms with Gasteiger partial charge in [-0.15, -0.1) is 0 Å². The van der Waals surface area contributed by atoms with Gasteiger partial charge in [-0.25, -0.2) is 4.79 Å². The molecule has 4 heterocycles. The third-order valence-corrected chi connectivity index (χ3v) is 16.5. The fourth-order valence-corrected chi connectivity index (χ4v) is 11.8. The molecule has 1 aromatic rings. The van der Waals surface area contributed by atoms with E-state index < -0.39 is 114 Å². The summed E-state index contributed by atoms with van der Waals surface area (Å²) in [5.41, 5.74) is -1.95. The number of phenolic OH excluding ortho intramolecular Hbond substituents is 1. The van der Waals surface area contributed by atoms with Crippen molar-refractivity contribution in [2.45, 2.75) is 225 Å². The number of likely N-dealkylation sites (N-methyl/N-ethyl adjacent to an activating group) is 2. The third kappa shape index (κ3) is 13.4. The third-order valence-electron chi connectivity index (χ3n) is 16.5. The Hall–Kier alpha value is -3.47. The molecule has 4 aliphatic rings. The smallest absolute Gasteiger partial charge is 0.342 e. The normalized spacial score (nSPS) is 39.2. The van der Waals surface area contributed by atoms with Crippen LogP contribution in [-0.4, -0.2) is 185 Å². The number of hydrogen-bond donors (Lipinski definition) is 5. The number of nitrogens with zero attached hydrogens (tertiary/aromatic N) is 2. The molecule has 5 rings (SSSR count). The summed E-state index contributed by atoms with van der Waals surface area (Å²) >= 11 is 0. The average molecular weight is 1050 g/mol. The number of methoxy groups -OCH3 is 2. The maximum atomic E-state index is 14.6. The van der Waals surface area contributed by atoms with Gasteiger partial charge in [-0.3, -0.25) is 9.59 Å². The first kappa shape index (κ1) is 61.4. The molecule has 74 heavy (non-hydrogen) atoms. The van der Waals surface area contributed by atoms with Gasteiger partial charge in [0.1, 0.15) is 47.6 Å². The SMILES string of the molecule is CC[C@H]1OC(=O)[C@H](C)[C@@H](O[C@H]2C[C@@](C)(OC)[C@@H](O)[C@H](C)O2)[C@H](C)[C@@H](O[C@@H]2O[C@H](C)C[C@H](N(C)C)[C@H]2OC(=O)CC/C(C)=C/Cc2c(O)c3c(c(C)c2OC)COC3=O)[C@](C)(O)C[C@@H](C)CN(C)[C@H](C)[C@@H](O)[C@]1(C)O. The van der Waals surface area contributed by atoms with Crippen LogP contribution in [0.5, 0.6) is 11.5 Å². The Kier molecular flexibility index (Phi) is 20.6. The molecule has 0 aliphatic carbocycles. The van der Waals surface area contributed by atoms with Crippen LogP contribution in [0.4, 0.5) is 0 Å². The fraction of sp³-hybridized carbons (Fsp3) is 0.800. The van der Waals surface area contributed by atoms with Gasteiger partial charge in [0.15, 0.2) is 18.7 Å². The molecule has 0 unspecified atom stereocenters. The number of phenols is 1. The zero-order chi connectivity index (χ0) is 55.5. The number of ether oxygens (including phenoxy) is 9. The molecule has 3 fully saturated rings. The van der Waals surface area contributed by atoms with Crippen molar-refractivity contribution < 1.29 is 82.5 Å². The van der Waals surface area contributed by atoms with E-state index in [0.717, 1.165) is 5.57 Å². The van der Waals surface area contributed by atoms with E-state index in [-0.39, 0.29) is 62.0 Å². The first-order valence-corrected chi connectivity index (χ1v) is 26.4. The molecular formula is C55H90N2O17. The lowest BCUT2D eigenvalue weighted by atomic mass is 9.77. The molecule has 0 saturated carbocycles. The van der Waals surface area contributed by atoms with Crippen molar-refractivity contribution in [2.24, 2.45) is 17.8 Å². The van der Waals surface area contributed by atoms with Gasteiger partial charge in [0.05, 0.1) is 54.7 Å². The minimum absolute atomic E-state index is 0.0221. The van der Waals surface area contributed by atoms with Crippen molar-refractivity contribution in [3.8, 4) is 11.5 Å². The first-order valence-electron chi connectivity index (χ1n) is 26.4. The summed E-state index contributed by atoms with van der Waals surface area (Å²) in [7, 11) is 8.58. The lowest BCUT2D eigenvalue weighted by molar-refractivity contribution is -0.319. The van der Waals surface area contributed by atoms with Crippen molar-refractivity contribution in [3.63, 3.8) is 0 Å². The van der Waals surface area contributed by atoms with Crippen LogP contribution in [0.1, 0.15) is 142 Å². The van der Waals surface area contributed by atoms with Gasteiger partial charge < -0.3 is 78.0 Å². The van der Waals surface area contributed by atoms with Crippen LogP contribution < -0.4 is 4.74 Å². The molecule has 0 radical (unpaired) electrons. The monoisotopic (exact) mass is 1050 g/mol. The highest BCUT2D eigenvalue weighted by molar-refractivity contribution is 5.98. The van der Waals surface area contributed by atoms with E-state index in [1.54, 1.807) is 48.5 Å². The molecule has 1 aromatic carbocycles. The largest absolute Gasteiger partial charge is 0.507 e. The van der Waals surface area contributed by atoms with Crippen molar-refractivity contribution in [1.29, 1.82) is 0 Å². The lowest BCUT2D eigenvalue weighted by Gasteiger charge is -2.49. The number of allylic oxidation sites excluding steroid dienone is 2. The second-order valence-electron chi connectivity index (χ2n) is 22.8. The quantitative estimate of drug-likeness (QED) is 0.0923. The van der Waals surface area contributed by atoms with Crippen LogP contribution in [0, 0.1) is 24.7 Å². The highest BCUT2D eigenvalue weighted by atomic mass is 16.7. The summed E-state index contributed by atoms with van der Waals surface area (Å²) in [6.07, 6.45) is -6.91. The predicted molar refractivity (Wildman–Crippen MR) is 273 cm³/mol. The fourth-order valence-electron chi connectivity index (χ4n) is 11.8. The van der Waals surface area contributed by atoms with Gasteiger partial charge >= 0.3 is 17.9 Å². The molecule has 3 saturated heterocycles. The Labute approximate surface area is 439 Å². The number of cyclic esters (lactones) is 2. The Morgan fingerprint density at radius 3 is 2.22 bits per heavy atom. The van der Waals surface area contributed by atoms with Crippen molar-refractivity contribution >= 4 is 17.9 Å². The predicted octanol–water partition coefficient (Wildman–Crippen LogP) is 5.11. The van der Waals surface area contributed by atoms with Crippen LogP contribution in [0.15, 0.2) is 11.6 Å². The molecule has 18 atom stereocenters. The van der Waals surface area contributed by atoms with Gasteiger partial charge in [0.25, 0.3) is 0 Å². The second kappa shape index (κ2) is 24.9. The average Bonchev–Trinajstić information content (AvgIpc) is 3.73. The Morgan fingerprint density at radius 1 is 0.946 bits per heavy atom. The molecule has 0 aromatic heterocycles. The topological polar surface area (TPSA) is 242 Å². The summed E-state index contributed by atoms with van der Waals surface area (Å²) in [6, 6.07) is -0.999. The van der Waals surface area contributed by atoms with Crippen LogP contribution in [0.2, 0.25) is 0 Å². The minimum Gasteiger partial charge on any atom is -0.507 e. The zero-order valence-corrected chi connectivity index (χ0v) is 47.1. The summed E-state index contributed by atoms with van der Waals surface area (Å²) in [5.74, 6) is -3.80. The number of aliphatic hydroxyl groups is 4.